The van der Waals surface area contributed by atoms with E-state index < -0.39 is 9.84 Å². The molecule has 0 bridgehead atoms. The molecule has 0 saturated heterocycles. The molecule has 0 N–H and O–H groups in total. The summed E-state index contributed by atoms with van der Waals surface area (Å²) in [5.41, 5.74) is 1.21. The first-order valence-corrected chi connectivity index (χ1v) is 8.38. The number of Topliss-reactive ketones (excluding diaryl/α,β-unsaturated/α-hetero) is 1. The lowest BCUT2D eigenvalue weighted by Crippen LogP contribution is -2.28. The fourth-order valence-electron chi connectivity index (χ4n) is 2.42. The number of aromatic nitrogens is 1. The van der Waals surface area contributed by atoms with E-state index in [4.69, 9.17) is 0 Å². The van der Waals surface area contributed by atoms with Gasteiger partial charge in [-0.25, -0.2) is 8.42 Å². The molecule has 2 rings (SSSR count). The second kappa shape index (κ2) is 5.28. The van der Waals surface area contributed by atoms with E-state index in [9.17, 15) is 18.0 Å². The summed E-state index contributed by atoms with van der Waals surface area (Å²) in [6.07, 6.45) is 3.55. The zero-order valence-corrected chi connectivity index (χ0v) is 11.7. The SMILES string of the molecule is CS(=O)(=O)CCCn1c2c(ccc1=O)C(=O)CCC2. The minimum absolute atomic E-state index is 0.0526. The highest BCUT2D eigenvalue weighted by Gasteiger charge is 2.20. The molecule has 104 valence electrons. The van der Waals surface area contributed by atoms with Crippen molar-refractivity contribution >= 4 is 15.6 Å². The molecule has 0 fully saturated rings. The van der Waals surface area contributed by atoms with E-state index in [0.29, 0.717) is 31.4 Å². The number of ketones is 1. The number of carbonyl (C=O) groups is 1. The molecule has 1 aliphatic carbocycles. The average molecular weight is 283 g/mol. The lowest BCUT2D eigenvalue weighted by molar-refractivity contribution is 0.0970. The third-order valence-corrected chi connectivity index (χ3v) is 4.34. The lowest BCUT2D eigenvalue weighted by atomic mass is 9.94. The van der Waals surface area contributed by atoms with E-state index in [2.05, 4.69) is 0 Å². The summed E-state index contributed by atoms with van der Waals surface area (Å²) in [7, 11) is -3.02. The van der Waals surface area contributed by atoms with Crippen LogP contribution in [0.1, 0.15) is 35.3 Å². The van der Waals surface area contributed by atoms with Gasteiger partial charge in [0.05, 0.1) is 5.75 Å². The van der Waals surface area contributed by atoms with Gasteiger partial charge in [0.25, 0.3) is 5.56 Å². The van der Waals surface area contributed by atoms with E-state index >= 15 is 0 Å². The second-order valence-corrected chi connectivity index (χ2v) is 7.20. The van der Waals surface area contributed by atoms with Crippen LogP contribution in [0.5, 0.6) is 0 Å². The number of pyridine rings is 1. The summed E-state index contributed by atoms with van der Waals surface area (Å²) in [6, 6.07) is 2.98. The molecule has 0 aliphatic heterocycles. The molecule has 6 heteroatoms. The third-order valence-electron chi connectivity index (χ3n) is 3.31. The van der Waals surface area contributed by atoms with E-state index in [-0.39, 0.29) is 17.1 Å². The first kappa shape index (κ1) is 14.0. The van der Waals surface area contributed by atoms with Gasteiger partial charge in [0.2, 0.25) is 0 Å². The van der Waals surface area contributed by atoms with Crippen molar-refractivity contribution < 1.29 is 13.2 Å². The Hall–Kier alpha value is -1.43. The van der Waals surface area contributed by atoms with Crippen LogP contribution in [-0.2, 0) is 22.8 Å². The minimum atomic E-state index is -3.02. The van der Waals surface area contributed by atoms with Crippen molar-refractivity contribution in [2.24, 2.45) is 0 Å². The Kier molecular flexibility index (Phi) is 3.89. The summed E-state index contributed by atoms with van der Waals surface area (Å²) in [4.78, 5) is 23.6. The van der Waals surface area contributed by atoms with Crippen LogP contribution in [0.4, 0.5) is 0 Å². The third kappa shape index (κ3) is 3.32. The first-order valence-electron chi connectivity index (χ1n) is 6.32. The van der Waals surface area contributed by atoms with E-state index in [1.807, 2.05) is 0 Å². The Labute approximate surface area is 112 Å². The number of hydrogen-bond acceptors (Lipinski definition) is 4. The van der Waals surface area contributed by atoms with Crippen molar-refractivity contribution in [1.82, 2.24) is 4.57 Å². The fourth-order valence-corrected chi connectivity index (χ4v) is 3.08. The Morgan fingerprint density at radius 1 is 1.21 bits per heavy atom. The zero-order valence-electron chi connectivity index (χ0n) is 10.9. The maximum absolute atomic E-state index is 11.9. The average Bonchev–Trinajstić information content (AvgIpc) is 2.31. The van der Waals surface area contributed by atoms with Gasteiger partial charge in [-0.1, -0.05) is 0 Å². The Morgan fingerprint density at radius 2 is 1.95 bits per heavy atom. The lowest BCUT2D eigenvalue weighted by Gasteiger charge is -2.19. The van der Waals surface area contributed by atoms with Crippen molar-refractivity contribution in [1.29, 1.82) is 0 Å². The molecule has 0 amide bonds. The van der Waals surface area contributed by atoms with Gasteiger partial charge in [0.1, 0.15) is 9.84 Å². The van der Waals surface area contributed by atoms with Crippen molar-refractivity contribution in [3.63, 3.8) is 0 Å². The number of hydrogen-bond donors (Lipinski definition) is 0. The highest BCUT2D eigenvalue weighted by molar-refractivity contribution is 7.90. The van der Waals surface area contributed by atoms with Crippen molar-refractivity contribution in [3.8, 4) is 0 Å². The van der Waals surface area contributed by atoms with Crippen LogP contribution < -0.4 is 5.56 Å². The van der Waals surface area contributed by atoms with Gasteiger partial charge in [0, 0.05) is 36.5 Å². The van der Waals surface area contributed by atoms with Gasteiger partial charge in [-0.15, -0.1) is 0 Å². The summed E-state index contributed by atoms with van der Waals surface area (Å²) in [5, 5.41) is 0. The van der Waals surface area contributed by atoms with Gasteiger partial charge in [0.15, 0.2) is 5.78 Å². The van der Waals surface area contributed by atoms with E-state index in [1.165, 1.54) is 12.3 Å². The van der Waals surface area contributed by atoms with Gasteiger partial charge < -0.3 is 4.57 Å². The highest BCUT2D eigenvalue weighted by atomic mass is 32.2. The standard InChI is InChI=1S/C13H17NO4S/c1-19(17,18)9-3-8-14-11-4-2-5-12(15)10(11)6-7-13(14)16/h6-7H,2-5,8-9H2,1H3. The van der Waals surface area contributed by atoms with Crippen molar-refractivity contribution in [2.75, 3.05) is 12.0 Å². The van der Waals surface area contributed by atoms with Crippen LogP contribution in [0, 0.1) is 0 Å². The van der Waals surface area contributed by atoms with Gasteiger partial charge in [-0.2, -0.15) is 0 Å². The van der Waals surface area contributed by atoms with Gasteiger partial charge in [-0.05, 0) is 25.3 Å². The Morgan fingerprint density at radius 3 is 2.63 bits per heavy atom. The number of nitrogens with zero attached hydrogens (tertiary/aromatic N) is 1. The van der Waals surface area contributed by atoms with Gasteiger partial charge in [-0.3, -0.25) is 9.59 Å². The summed E-state index contributed by atoms with van der Waals surface area (Å²) in [6.45, 7) is 0.350. The fraction of sp³-hybridized carbons (Fsp3) is 0.538. The molecule has 5 nitrogen and oxygen atoms in total. The molecule has 0 saturated carbocycles. The second-order valence-electron chi connectivity index (χ2n) is 4.94. The topological polar surface area (TPSA) is 73.2 Å². The number of carbonyl (C=O) groups excluding carboxylic acids is 1. The first-order chi connectivity index (χ1) is 8.88. The van der Waals surface area contributed by atoms with E-state index in [0.717, 1.165) is 12.1 Å². The molecule has 0 radical (unpaired) electrons. The predicted octanol–water partition coefficient (Wildman–Crippen LogP) is 0.802. The van der Waals surface area contributed by atoms with E-state index in [1.54, 1.807) is 10.6 Å². The zero-order chi connectivity index (χ0) is 14.0. The molecule has 1 aliphatic rings. The molecule has 0 unspecified atom stereocenters. The molecule has 1 aromatic rings. The van der Waals surface area contributed by atoms with Crippen LogP contribution in [0.15, 0.2) is 16.9 Å². The van der Waals surface area contributed by atoms with Crippen LogP contribution in [0.25, 0.3) is 0 Å². The Balaban J connectivity index is 2.27. The predicted molar refractivity (Wildman–Crippen MR) is 72.3 cm³/mol. The minimum Gasteiger partial charge on any atom is -0.312 e. The van der Waals surface area contributed by atoms with Crippen molar-refractivity contribution in [2.45, 2.75) is 32.2 Å². The maximum Gasteiger partial charge on any atom is 0.250 e. The molecule has 19 heavy (non-hydrogen) atoms. The smallest absolute Gasteiger partial charge is 0.250 e. The number of rotatable bonds is 4. The van der Waals surface area contributed by atoms with Crippen LogP contribution >= 0.6 is 0 Å². The summed E-state index contributed by atoms with van der Waals surface area (Å²) in [5.74, 6) is 0.120. The molecular weight excluding hydrogens is 266 g/mol. The normalized spacial score (nSPS) is 15.3. The summed E-state index contributed by atoms with van der Waals surface area (Å²) < 4.78 is 23.8. The summed E-state index contributed by atoms with van der Waals surface area (Å²) >= 11 is 0. The van der Waals surface area contributed by atoms with Gasteiger partial charge >= 0.3 is 0 Å². The molecule has 0 spiro atoms. The quantitative estimate of drug-likeness (QED) is 0.819. The number of sulfone groups is 1. The van der Waals surface area contributed by atoms with Crippen molar-refractivity contribution in [3.05, 3.63) is 33.7 Å². The largest absolute Gasteiger partial charge is 0.312 e. The molecule has 0 aromatic carbocycles. The van der Waals surface area contributed by atoms with Crippen LogP contribution in [-0.4, -0.2) is 30.8 Å². The maximum atomic E-state index is 11.9. The molecule has 0 atom stereocenters. The molecule has 1 heterocycles. The molecule has 1 aromatic heterocycles. The monoisotopic (exact) mass is 283 g/mol. The molecular formula is C13H17NO4S. The Bertz CT molecular complexity index is 658. The number of fused-ring (bicyclic) bond motifs is 1. The van der Waals surface area contributed by atoms with Crippen LogP contribution in [0.2, 0.25) is 0 Å². The van der Waals surface area contributed by atoms with Crippen LogP contribution in [0.3, 0.4) is 0 Å². The highest BCUT2D eigenvalue weighted by Crippen LogP contribution is 2.19.